The summed E-state index contributed by atoms with van der Waals surface area (Å²) in [5.41, 5.74) is 3.44. The van der Waals surface area contributed by atoms with Gasteiger partial charge in [0, 0.05) is 40.9 Å². The van der Waals surface area contributed by atoms with Crippen LogP contribution in [-0.2, 0) is 0 Å². The Hall–Kier alpha value is -3.77. The van der Waals surface area contributed by atoms with Crippen molar-refractivity contribution in [2.45, 2.75) is 0 Å². The van der Waals surface area contributed by atoms with Crippen molar-refractivity contribution in [1.29, 1.82) is 0 Å². The summed E-state index contributed by atoms with van der Waals surface area (Å²) < 4.78 is 20.4. The highest BCUT2D eigenvalue weighted by atomic mass is 35.5. The smallest absolute Gasteiger partial charge is 0.255 e. The lowest BCUT2D eigenvalue weighted by atomic mass is 10.0. The summed E-state index contributed by atoms with van der Waals surface area (Å²) in [7, 11) is 1.57. The van der Waals surface area contributed by atoms with E-state index in [1.165, 1.54) is 28.8 Å². The molecule has 0 N–H and O–H groups in total. The maximum absolute atomic E-state index is 13.7. The molecule has 0 saturated carbocycles. The van der Waals surface area contributed by atoms with Gasteiger partial charge in [-0.3, -0.25) is 14.3 Å². The van der Waals surface area contributed by atoms with Gasteiger partial charge in [-0.15, -0.1) is 0 Å². The average Bonchev–Trinajstić information content (AvgIpc) is 2.80. The van der Waals surface area contributed by atoms with Crippen LogP contribution in [0, 0.1) is 5.82 Å². The number of ether oxygens (including phenoxy) is 1. The van der Waals surface area contributed by atoms with Crippen LogP contribution in [0.1, 0.15) is 0 Å². The van der Waals surface area contributed by atoms with Crippen LogP contribution < -0.4 is 10.3 Å². The first-order valence-corrected chi connectivity index (χ1v) is 9.83. The van der Waals surface area contributed by atoms with Gasteiger partial charge in [-0.25, -0.2) is 9.37 Å². The van der Waals surface area contributed by atoms with Crippen LogP contribution in [-0.4, -0.2) is 21.6 Å². The molecule has 152 valence electrons. The molecule has 0 atom stereocenters. The van der Waals surface area contributed by atoms with Crippen molar-refractivity contribution < 1.29 is 9.13 Å². The zero-order valence-electron chi connectivity index (χ0n) is 16.3. The minimum absolute atomic E-state index is 0.0511. The Morgan fingerprint density at radius 1 is 0.935 bits per heavy atom. The average molecular weight is 432 g/mol. The fourth-order valence-electron chi connectivity index (χ4n) is 3.64. The third-order valence-electron chi connectivity index (χ3n) is 5.16. The van der Waals surface area contributed by atoms with E-state index >= 15 is 0 Å². The molecule has 7 heteroatoms. The van der Waals surface area contributed by atoms with E-state index in [0.29, 0.717) is 17.1 Å². The molecular formula is C24H15ClFN3O2. The first kappa shape index (κ1) is 19.2. The van der Waals surface area contributed by atoms with E-state index in [-0.39, 0.29) is 10.6 Å². The lowest BCUT2D eigenvalue weighted by Gasteiger charge is -2.14. The fourth-order valence-corrected chi connectivity index (χ4v) is 3.82. The summed E-state index contributed by atoms with van der Waals surface area (Å²) in [4.78, 5) is 21.7. The third-order valence-corrected chi connectivity index (χ3v) is 5.45. The second-order valence-electron chi connectivity index (χ2n) is 6.99. The largest absolute Gasteiger partial charge is 0.481 e. The van der Waals surface area contributed by atoms with Gasteiger partial charge in [-0.2, -0.15) is 0 Å². The van der Waals surface area contributed by atoms with Gasteiger partial charge < -0.3 is 4.74 Å². The molecular weight excluding hydrogens is 417 g/mol. The van der Waals surface area contributed by atoms with E-state index in [0.717, 1.165) is 27.4 Å². The third kappa shape index (κ3) is 3.31. The predicted molar refractivity (Wildman–Crippen MR) is 120 cm³/mol. The van der Waals surface area contributed by atoms with Crippen molar-refractivity contribution in [1.82, 2.24) is 14.5 Å². The molecule has 3 heterocycles. The molecule has 5 rings (SSSR count). The minimum Gasteiger partial charge on any atom is -0.481 e. The molecule has 5 aromatic rings. The number of rotatable bonds is 3. The zero-order valence-corrected chi connectivity index (χ0v) is 17.1. The molecule has 0 aliphatic heterocycles. The first-order valence-electron chi connectivity index (χ1n) is 9.45. The highest BCUT2D eigenvalue weighted by molar-refractivity contribution is 6.30. The van der Waals surface area contributed by atoms with Crippen molar-refractivity contribution >= 4 is 33.4 Å². The Labute approximate surface area is 181 Å². The van der Waals surface area contributed by atoms with Crippen molar-refractivity contribution in [2.75, 3.05) is 7.11 Å². The van der Waals surface area contributed by atoms with Gasteiger partial charge in [0.1, 0.15) is 5.82 Å². The summed E-state index contributed by atoms with van der Waals surface area (Å²) in [6.45, 7) is 0. The molecule has 31 heavy (non-hydrogen) atoms. The Bertz CT molecular complexity index is 1510. The van der Waals surface area contributed by atoms with Crippen LogP contribution in [0.25, 0.3) is 38.6 Å². The molecule has 0 unspecified atom stereocenters. The van der Waals surface area contributed by atoms with Gasteiger partial charge >= 0.3 is 0 Å². The molecule has 0 amide bonds. The lowest BCUT2D eigenvalue weighted by Crippen LogP contribution is -2.17. The Morgan fingerprint density at radius 2 is 1.77 bits per heavy atom. The van der Waals surface area contributed by atoms with E-state index in [2.05, 4.69) is 9.97 Å². The number of benzene rings is 2. The van der Waals surface area contributed by atoms with Crippen molar-refractivity contribution in [3.63, 3.8) is 0 Å². The number of halogens is 2. The van der Waals surface area contributed by atoms with E-state index in [9.17, 15) is 9.18 Å². The Morgan fingerprint density at radius 3 is 2.52 bits per heavy atom. The number of pyridine rings is 3. The maximum Gasteiger partial charge on any atom is 0.255 e. The van der Waals surface area contributed by atoms with Crippen LogP contribution in [0.15, 0.2) is 77.9 Å². The van der Waals surface area contributed by atoms with Crippen LogP contribution >= 0.6 is 11.6 Å². The molecule has 5 nitrogen and oxygen atoms in total. The molecule has 0 saturated heterocycles. The highest BCUT2D eigenvalue weighted by Gasteiger charge is 2.13. The number of nitrogens with zero attached hydrogens (tertiary/aromatic N) is 3. The molecule has 0 aliphatic carbocycles. The summed E-state index contributed by atoms with van der Waals surface area (Å²) in [6.07, 6.45) is 3.44. The summed E-state index contributed by atoms with van der Waals surface area (Å²) in [6, 6.07) is 16.9. The zero-order chi connectivity index (χ0) is 21.5. The number of methoxy groups -OCH3 is 1. The maximum atomic E-state index is 13.7. The van der Waals surface area contributed by atoms with Gasteiger partial charge in [0.15, 0.2) is 0 Å². The molecule has 0 fully saturated rings. The predicted octanol–water partition coefficient (Wildman–Crippen LogP) is 5.40. The van der Waals surface area contributed by atoms with Crippen molar-refractivity contribution in [3.8, 4) is 22.7 Å². The van der Waals surface area contributed by atoms with E-state index < -0.39 is 5.82 Å². The monoisotopic (exact) mass is 431 g/mol. The second kappa shape index (κ2) is 7.49. The molecule has 0 radical (unpaired) electrons. The lowest BCUT2D eigenvalue weighted by molar-refractivity contribution is 0.398. The number of fused-ring (bicyclic) bond motifs is 3. The van der Waals surface area contributed by atoms with Crippen LogP contribution in [0.4, 0.5) is 4.39 Å². The number of hydrogen-bond donors (Lipinski definition) is 0. The van der Waals surface area contributed by atoms with Crippen LogP contribution in [0.5, 0.6) is 5.88 Å². The molecule has 0 spiro atoms. The molecule has 0 aliphatic rings. The van der Waals surface area contributed by atoms with Gasteiger partial charge in [0.2, 0.25) is 5.88 Å². The SMILES string of the molecule is COc1ccc(-c2ccc3ncc4ccc(=O)n(-c5ccc(F)c(Cl)c5)c4c3c2)cn1. The van der Waals surface area contributed by atoms with Crippen molar-refractivity contribution in [3.05, 3.63) is 94.3 Å². The summed E-state index contributed by atoms with van der Waals surface area (Å²) in [5, 5.41) is 1.51. The highest BCUT2D eigenvalue weighted by Crippen LogP contribution is 2.30. The van der Waals surface area contributed by atoms with Crippen molar-refractivity contribution in [2.24, 2.45) is 0 Å². The fraction of sp³-hybridized carbons (Fsp3) is 0.0417. The quantitative estimate of drug-likeness (QED) is 0.359. The standard InChI is InChI=1S/C24H15ClFN3O2/c1-31-22-8-3-15(12-28-22)14-2-7-21-18(10-14)24-16(13-27-21)4-9-23(30)29(24)17-5-6-20(26)19(25)11-17/h2-13H,1H3. The van der Waals surface area contributed by atoms with Crippen LogP contribution in [0.2, 0.25) is 5.02 Å². The Balaban J connectivity index is 1.82. The molecule has 0 bridgehead atoms. The number of hydrogen-bond acceptors (Lipinski definition) is 4. The minimum atomic E-state index is -0.542. The summed E-state index contributed by atoms with van der Waals surface area (Å²) in [5.74, 6) is -0.0156. The second-order valence-corrected chi connectivity index (χ2v) is 7.40. The summed E-state index contributed by atoms with van der Waals surface area (Å²) >= 11 is 6.00. The topological polar surface area (TPSA) is 57.0 Å². The van der Waals surface area contributed by atoms with Gasteiger partial charge in [0.25, 0.3) is 5.56 Å². The van der Waals surface area contributed by atoms with E-state index in [4.69, 9.17) is 16.3 Å². The van der Waals surface area contributed by atoms with E-state index in [1.54, 1.807) is 31.6 Å². The number of aromatic nitrogens is 3. The molecule has 2 aromatic carbocycles. The Kier molecular flexibility index (Phi) is 4.64. The van der Waals surface area contributed by atoms with Gasteiger partial charge in [-0.1, -0.05) is 17.7 Å². The normalized spacial score (nSPS) is 11.2. The molecule has 3 aromatic heterocycles. The van der Waals surface area contributed by atoms with Gasteiger partial charge in [-0.05, 0) is 48.0 Å². The van der Waals surface area contributed by atoms with E-state index in [1.807, 2.05) is 24.3 Å². The first-order chi connectivity index (χ1) is 15.0. The van der Waals surface area contributed by atoms with Crippen LogP contribution in [0.3, 0.4) is 0 Å². The van der Waals surface area contributed by atoms with Gasteiger partial charge in [0.05, 0.1) is 28.9 Å².